The zero-order chi connectivity index (χ0) is 30.1. The molecule has 4 saturated carbocycles. The molecule has 1 aromatic rings. The number of carbonyl (C=O) groups is 3. The number of likely N-dealkylation sites (N-methyl/N-ethyl adjacent to an activating group) is 1. The Kier molecular flexibility index (Phi) is 6.76. The van der Waals surface area contributed by atoms with Crippen LogP contribution in [-0.2, 0) is 16.1 Å². The van der Waals surface area contributed by atoms with Crippen molar-refractivity contribution in [2.24, 2.45) is 28.9 Å². The third-order valence-corrected chi connectivity index (χ3v) is 11.0. The number of aliphatic carboxylic acids is 1. The fraction of sp³-hybridized carbons (Fsp3) is 0.724. The van der Waals surface area contributed by atoms with E-state index >= 15 is 0 Å². The maximum Gasteiger partial charge on any atom is 0.334 e. The highest BCUT2D eigenvalue weighted by atomic mass is 16.4. The van der Waals surface area contributed by atoms with Crippen LogP contribution in [0.2, 0.25) is 0 Å². The molecule has 5 fully saturated rings. The Balaban J connectivity index is 1.20. The van der Waals surface area contributed by atoms with E-state index in [0.717, 1.165) is 25.7 Å². The number of rotatable bonds is 7. The van der Waals surface area contributed by atoms with E-state index in [9.17, 15) is 34.2 Å². The SMILES string of the molecule is CN1C(=O)N(CC2CC(C(=O)O)C2)C2(CC3(CCC(n4c(=O)c(C(=N)N)c(O)n(CC5CCCC5)c4=O)CC3)C2)C1=O. The van der Waals surface area contributed by atoms with Crippen molar-refractivity contribution in [2.75, 3.05) is 13.6 Å². The first kappa shape index (κ1) is 28.5. The highest BCUT2D eigenvalue weighted by Crippen LogP contribution is 2.62. The van der Waals surface area contributed by atoms with Crippen molar-refractivity contribution in [2.45, 2.75) is 95.2 Å². The Bertz CT molecular complexity index is 1450. The number of carboxylic acids is 1. The Labute approximate surface area is 242 Å². The molecule has 13 nitrogen and oxygen atoms in total. The lowest BCUT2D eigenvalue weighted by atomic mass is 9.51. The van der Waals surface area contributed by atoms with E-state index in [2.05, 4.69) is 0 Å². The standard InChI is InChI=1S/C29H40N6O7/c1-32-25(40)29(34(26(32)41)13-17-10-18(11-17)24(38)39)14-28(15-29)8-6-19(7-9-28)35-23(37)20(21(30)31)22(36)33(27(35)42)12-16-4-2-3-5-16/h16-19,36H,2-15H2,1H3,(H3,30,31)(H,38,39). The fourth-order valence-corrected chi connectivity index (χ4v) is 8.67. The van der Waals surface area contributed by atoms with Crippen LogP contribution in [0.4, 0.5) is 4.79 Å². The minimum absolute atomic E-state index is 0.0572. The molecule has 13 heteroatoms. The summed E-state index contributed by atoms with van der Waals surface area (Å²) in [5.74, 6) is -2.28. The third kappa shape index (κ3) is 4.26. The number of amides is 3. The van der Waals surface area contributed by atoms with Gasteiger partial charge in [-0.1, -0.05) is 12.8 Å². The first-order chi connectivity index (χ1) is 19.9. The number of nitrogens with two attached hydrogens (primary N) is 1. The minimum atomic E-state index is -0.919. The lowest BCUT2D eigenvalue weighted by molar-refractivity contribution is -0.153. The molecule has 6 rings (SSSR count). The predicted molar refractivity (Wildman–Crippen MR) is 150 cm³/mol. The van der Waals surface area contributed by atoms with Crippen LogP contribution in [0, 0.1) is 28.6 Å². The smallest absolute Gasteiger partial charge is 0.334 e. The van der Waals surface area contributed by atoms with Gasteiger partial charge >= 0.3 is 17.7 Å². The number of nitrogens with one attached hydrogen (secondary N) is 1. The lowest BCUT2D eigenvalue weighted by Crippen LogP contribution is -2.65. The molecule has 5 N–H and O–H groups in total. The molecule has 42 heavy (non-hydrogen) atoms. The number of hydrogen-bond acceptors (Lipinski definition) is 7. The molecule has 2 heterocycles. The van der Waals surface area contributed by atoms with Crippen LogP contribution < -0.4 is 17.0 Å². The quantitative estimate of drug-likeness (QED) is 0.212. The van der Waals surface area contributed by atoms with Gasteiger partial charge in [-0.05, 0) is 81.5 Å². The molecule has 4 aliphatic carbocycles. The zero-order valence-electron chi connectivity index (χ0n) is 24.0. The molecular weight excluding hydrogens is 544 g/mol. The van der Waals surface area contributed by atoms with E-state index in [1.807, 2.05) is 0 Å². The van der Waals surface area contributed by atoms with Gasteiger partial charge in [0.05, 0.1) is 5.92 Å². The van der Waals surface area contributed by atoms with Crippen molar-refractivity contribution in [1.82, 2.24) is 18.9 Å². The summed E-state index contributed by atoms with van der Waals surface area (Å²) in [6.07, 6.45) is 8.33. The average molecular weight is 585 g/mol. The van der Waals surface area contributed by atoms with Gasteiger partial charge in [-0.3, -0.25) is 33.8 Å². The van der Waals surface area contributed by atoms with Gasteiger partial charge in [0.25, 0.3) is 11.5 Å². The zero-order valence-corrected chi connectivity index (χ0v) is 24.0. The summed E-state index contributed by atoms with van der Waals surface area (Å²) in [6, 6.07) is -0.763. The molecule has 0 atom stereocenters. The Morgan fingerprint density at radius 2 is 1.62 bits per heavy atom. The number of imide groups is 1. The van der Waals surface area contributed by atoms with Crippen LogP contribution in [0.3, 0.4) is 0 Å². The predicted octanol–water partition coefficient (Wildman–Crippen LogP) is 1.83. The summed E-state index contributed by atoms with van der Waals surface area (Å²) in [5.41, 5.74) is 2.91. The normalized spacial score (nSPS) is 32.9. The van der Waals surface area contributed by atoms with Crippen LogP contribution in [-0.4, -0.2) is 72.0 Å². The second kappa shape index (κ2) is 9.98. The van der Waals surface area contributed by atoms with E-state index in [1.54, 1.807) is 4.90 Å². The molecular formula is C29H40N6O7. The molecule has 1 aromatic heterocycles. The summed E-state index contributed by atoms with van der Waals surface area (Å²) >= 11 is 0. The van der Waals surface area contributed by atoms with Crippen LogP contribution in [0.5, 0.6) is 5.88 Å². The van der Waals surface area contributed by atoms with Crippen molar-refractivity contribution in [3.05, 3.63) is 26.4 Å². The molecule has 5 aliphatic rings. The summed E-state index contributed by atoms with van der Waals surface area (Å²) in [5, 5.41) is 28.0. The average Bonchev–Trinajstić information content (AvgIpc) is 3.46. The highest BCUT2D eigenvalue weighted by molar-refractivity contribution is 6.07. The van der Waals surface area contributed by atoms with Crippen molar-refractivity contribution in [3.8, 4) is 5.88 Å². The number of hydrogen-bond donors (Lipinski definition) is 4. The van der Waals surface area contributed by atoms with E-state index in [4.69, 9.17) is 11.1 Å². The van der Waals surface area contributed by atoms with Gasteiger partial charge < -0.3 is 20.8 Å². The maximum absolute atomic E-state index is 13.6. The van der Waals surface area contributed by atoms with Crippen LogP contribution >= 0.6 is 0 Å². The fourth-order valence-electron chi connectivity index (χ4n) is 8.67. The Morgan fingerprint density at radius 3 is 2.19 bits per heavy atom. The first-order valence-electron chi connectivity index (χ1n) is 15.1. The second-order valence-corrected chi connectivity index (χ2v) is 13.6. The number of urea groups is 1. The molecule has 228 valence electrons. The van der Waals surface area contributed by atoms with Crippen molar-refractivity contribution < 1.29 is 24.6 Å². The van der Waals surface area contributed by atoms with Gasteiger partial charge in [0, 0.05) is 26.2 Å². The molecule has 0 radical (unpaired) electrons. The largest absolute Gasteiger partial charge is 0.494 e. The number of aromatic hydroxyl groups is 1. The van der Waals surface area contributed by atoms with E-state index in [1.165, 1.54) is 21.1 Å². The molecule has 1 saturated heterocycles. The van der Waals surface area contributed by atoms with Crippen LogP contribution in [0.1, 0.15) is 88.7 Å². The van der Waals surface area contributed by atoms with Gasteiger partial charge in [-0.15, -0.1) is 0 Å². The number of aromatic nitrogens is 2. The van der Waals surface area contributed by atoms with Gasteiger partial charge in [-0.25, -0.2) is 9.59 Å². The number of carbonyl (C=O) groups excluding carboxylic acids is 2. The van der Waals surface area contributed by atoms with Crippen molar-refractivity contribution >= 4 is 23.7 Å². The number of carboxylic acid groups (broad SMARTS) is 1. The molecule has 3 amide bonds. The number of nitrogen functional groups attached to an aromatic ring is 1. The van der Waals surface area contributed by atoms with E-state index in [0.29, 0.717) is 57.9 Å². The van der Waals surface area contributed by atoms with E-state index in [-0.39, 0.29) is 41.3 Å². The van der Waals surface area contributed by atoms with Crippen LogP contribution in [0.25, 0.3) is 0 Å². The third-order valence-electron chi connectivity index (χ3n) is 11.0. The molecule has 0 bridgehead atoms. The Hall–Kier alpha value is -3.64. The Morgan fingerprint density at radius 1 is 1.00 bits per heavy atom. The lowest BCUT2D eigenvalue weighted by Gasteiger charge is -2.59. The number of amidine groups is 1. The van der Waals surface area contributed by atoms with Gasteiger partial charge in [-0.2, -0.15) is 0 Å². The first-order valence-corrected chi connectivity index (χ1v) is 15.1. The molecule has 0 aromatic carbocycles. The topological polar surface area (TPSA) is 192 Å². The monoisotopic (exact) mass is 584 g/mol. The van der Waals surface area contributed by atoms with Crippen molar-refractivity contribution in [1.29, 1.82) is 5.41 Å². The summed E-state index contributed by atoms with van der Waals surface area (Å²) in [6.45, 7) is 0.646. The summed E-state index contributed by atoms with van der Waals surface area (Å²) in [7, 11) is 1.50. The number of nitrogens with zero attached hydrogens (tertiary/aromatic N) is 4. The van der Waals surface area contributed by atoms with Crippen LogP contribution in [0.15, 0.2) is 9.59 Å². The van der Waals surface area contributed by atoms with Gasteiger partial charge in [0.15, 0.2) is 0 Å². The second-order valence-electron chi connectivity index (χ2n) is 13.6. The van der Waals surface area contributed by atoms with E-state index < -0.39 is 46.4 Å². The summed E-state index contributed by atoms with van der Waals surface area (Å²) < 4.78 is 2.38. The maximum atomic E-state index is 13.6. The van der Waals surface area contributed by atoms with Gasteiger partial charge in [0.1, 0.15) is 16.9 Å². The molecule has 1 aliphatic heterocycles. The van der Waals surface area contributed by atoms with Gasteiger partial charge in [0.2, 0.25) is 5.88 Å². The highest BCUT2D eigenvalue weighted by Gasteiger charge is 2.68. The summed E-state index contributed by atoms with van der Waals surface area (Å²) in [4.78, 5) is 67.5. The molecule has 0 unspecified atom stereocenters. The minimum Gasteiger partial charge on any atom is -0.494 e. The van der Waals surface area contributed by atoms with Crippen molar-refractivity contribution in [3.63, 3.8) is 0 Å². The molecule has 2 spiro atoms.